The van der Waals surface area contributed by atoms with Gasteiger partial charge in [0, 0.05) is 19.3 Å². The van der Waals surface area contributed by atoms with Gasteiger partial charge in [-0.2, -0.15) is 0 Å². The number of hydrogen-bond acceptors (Lipinski definition) is 4. The first-order chi connectivity index (χ1) is 13.7. The number of carbonyl (C=O) groups is 1. The van der Waals surface area contributed by atoms with Crippen LogP contribution in [0.3, 0.4) is 0 Å². The standard InChI is InChI=1S/C23H24N2O3/c1-27-16-18-9-7-17(8-10-18)15-24-23(26)21-5-3-4-6-22(21)25-19-11-13-20(28-2)14-12-19/h3-14,25H,15-16H2,1-2H3,(H,24,26). The van der Waals surface area contributed by atoms with Gasteiger partial charge in [0.25, 0.3) is 5.91 Å². The first kappa shape index (κ1) is 19.5. The van der Waals surface area contributed by atoms with Crippen molar-refractivity contribution >= 4 is 17.3 Å². The van der Waals surface area contributed by atoms with Crippen molar-refractivity contribution in [2.24, 2.45) is 0 Å². The first-order valence-corrected chi connectivity index (χ1v) is 9.04. The Balaban J connectivity index is 1.66. The van der Waals surface area contributed by atoms with Crippen molar-refractivity contribution in [3.05, 3.63) is 89.5 Å². The third-order valence-corrected chi connectivity index (χ3v) is 4.33. The summed E-state index contributed by atoms with van der Waals surface area (Å²) >= 11 is 0. The normalized spacial score (nSPS) is 10.4. The Hall–Kier alpha value is -3.31. The van der Waals surface area contributed by atoms with Gasteiger partial charge >= 0.3 is 0 Å². The van der Waals surface area contributed by atoms with Gasteiger partial charge in [0.2, 0.25) is 0 Å². The van der Waals surface area contributed by atoms with Crippen LogP contribution in [0.4, 0.5) is 11.4 Å². The van der Waals surface area contributed by atoms with Gasteiger partial charge in [0.15, 0.2) is 0 Å². The Morgan fingerprint density at radius 3 is 2.21 bits per heavy atom. The Labute approximate surface area is 165 Å². The predicted molar refractivity (Wildman–Crippen MR) is 111 cm³/mol. The van der Waals surface area contributed by atoms with E-state index in [4.69, 9.17) is 9.47 Å². The highest BCUT2D eigenvalue weighted by atomic mass is 16.5. The van der Waals surface area contributed by atoms with E-state index in [1.165, 1.54) is 0 Å². The van der Waals surface area contributed by atoms with Gasteiger partial charge in [0.1, 0.15) is 5.75 Å². The van der Waals surface area contributed by atoms with Gasteiger partial charge in [0.05, 0.1) is 25.0 Å². The number of carbonyl (C=O) groups excluding carboxylic acids is 1. The zero-order chi connectivity index (χ0) is 19.8. The summed E-state index contributed by atoms with van der Waals surface area (Å²) in [5.41, 5.74) is 4.37. The maximum atomic E-state index is 12.7. The second-order valence-corrected chi connectivity index (χ2v) is 6.33. The highest BCUT2D eigenvalue weighted by Gasteiger charge is 2.11. The van der Waals surface area contributed by atoms with Crippen LogP contribution in [0, 0.1) is 0 Å². The van der Waals surface area contributed by atoms with Crippen LogP contribution in [0.2, 0.25) is 0 Å². The number of benzene rings is 3. The number of ether oxygens (including phenoxy) is 2. The number of rotatable bonds is 8. The van der Waals surface area contributed by atoms with E-state index in [0.717, 1.165) is 28.3 Å². The minimum Gasteiger partial charge on any atom is -0.497 e. The number of para-hydroxylation sites is 1. The Bertz CT molecular complexity index is 906. The van der Waals surface area contributed by atoms with Crippen LogP contribution in [0.5, 0.6) is 5.75 Å². The van der Waals surface area contributed by atoms with E-state index in [9.17, 15) is 4.79 Å². The molecule has 0 unspecified atom stereocenters. The number of hydrogen-bond donors (Lipinski definition) is 2. The molecule has 0 atom stereocenters. The predicted octanol–water partition coefficient (Wildman–Crippen LogP) is 4.52. The lowest BCUT2D eigenvalue weighted by molar-refractivity contribution is 0.0951. The number of methoxy groups -OCH3 is 2. The lowest BCUT2D eigenvalue weighted by Gasteiger charge is -2.13. The maximum absolute atomic E-state index is 12.7. The zero-order valence-corrected chi connectivity index (χ0v) is 16.1. The monoisotopic (exact) mass is 376 g/mol. The van der Waals surface area contributed by atoms with Crippen LogP contribution in [0.1, 0.15) is 21.5 Å². The Morgan fingerprint density at radius 1 is 0.857 bits per heavy atom. The molecule has 1 amide bonds. The summed E-state index contributed by atoms with van der Waals surface area (Å²) in [6.07, 6.45) is 0. The molecule has 144 valence electrons. The molecule has 0 aromatic heterocycles. The van der Waals surface area contributed by atoms with E-state index in [-0.39, 0.29) is 5.91 Å². The molecule has 3 aromatic rings. The largest absolute Gasteiger partial charge is 0.497 e. The SMILES string of the molecule is COCc1ccc(CNC(=O)c2ccccc2Nc2ccc(OC)cc2)cc1. The van der Waals surface area contributed by atoms with Gasteiger partial charge in [-0.05, 0) is 47.5 Å². The smallest absolute Gasteiger partial charge is 0.253 e. The summed E-state index contributed by atoms with van der Waals surface area (Å²) in [6, 6.07) is 23.0. The second kappa shape index (κ2) is 9.58. The highest BCUT2D eigenvalue weighted by molar-refractivity contribution is 6.00. The van der Waals surface area contributed by atoms with Crippen molar-refractivity contribution in [2.45, 2.75) is 13.2 Å². The molecule has 0 saturated carbocycles. The molecule has 3 aromatic carbocycles. The molecule has 28 heavy (non-hydrogen) atoms. The molecule has 3 rings (SSSR count). The quantitative estimate of drug-likeness (QED) is 0.607. The fraction of sp³-hybridized carbons (Fsp3) is 0.174. The fourth-order valence-corrected chi connectivity index (χ4v) is 2.82. The molecule has 0 aliphatic carbocycles. The van der Waals surface area contributed by atoms with E-state index in [1.807, 2.05) is 72.8 Å². The van der Waals surface area contributed by atoms with Crippen molar-refractivity contribution in [1.29, 1.82) is 0 Å². The van der Waals surface area contributed by atoms with Crippen molar-refractivity contribution in [1.82, 2.24) is 5.32 Å². The summed E-state index contributed by atoms with van der Waals surface area (Å²) in [6.45, 7) is 1.04. The van der Waals surface area contributed by atoms with E-state index >= 15 is 0 Å². The van der Waals surface area contributed by atoms with E-state index in [1.54, 1.807) is 14.2 Å². The minimum absolute atomic E-state index is 0.127. The van der Waals surface area contributed by atoms with Crippen LogP contribution in [0.15, 0.2) is 72.8 Å². The molecule has 2 N–H and O–H groups in total. The summed E-state index contributed by atoms with van der Waals surface area (Å²) in [5.74, 6) is 0.658. The second-order valence-electron chi connectivity index (χ2n) is 6.33. The van der Waals surface area contributed by atoms with Gasteiger partial charge < -0.3 is 20.1 Å². The van der Waals surface area contributed by atoms with Gasteiger partial charge in [-0.15, -0.1) is 0 Å². The average Bonchev–Trinajstić information content (AvgIpc) is 2.74. The summed E-state index contributed by atoms with van der Waals surface area (Å²) < 4.78 is 10.3. The minimum atomic E-state index is -0.127. The highest BCUT2D eigenvalue weighted by Crippen LogP contribution is 2.23. The van der Waals surface area contributed by atoms with Crippen LogP contribution >= 0.6 is 0 Å². The van der Waals surface area contributed by atoms with Crippen molar-refractivity contribution in [3.63, 3.8) is 0 Å². The van der Waals surface area contributed by atoms with Gasteiger partial charge in [-0.3, -0.25) is 4.79 Å². The summed E-state index contributed by atoms with van der Waals surface area (Å²) in [5, 5.41) is 6.28. The topological polar surface area (TPSA) is 59.6 Å². The fourth-order valence-electron chi connectivity index (χ4n) is 2.82. The molecule has 0 aliphatic rings. The third kappa shape index (κ3) is 5.11. The maximum Gasteiger partial charge on any atom is 0.253 e. The first-order valence-electron chi connectivity index (χ1n) is 9.04. The number of anilines is 2. The molecule has 0 aliphatic heterocycles. The molecule has 0 bridgehead atoms. The average molecular weight is 376 g/mol. The van der Waals surface area contributed by atoms with Crippen molar-refractivity contribution in [2.75, 3.05) is 19.5 Å². The molecule has 0 radical (unpaired) electrons. The molecule has 0 saturated heterocycles. The number of nitrogens with one attached hydrogen (secondary N) is 2. The van der Waals surface area contributed by atoms with E-state index < -0.39 is 0 Å². The molecule has 5 nitrogen and oxygen atoms in total. The zero-order valence-electron chi connectivity index (χ0n) is 16.1. The van der Waals surface area contributed by atoms with Gasteiger partial charge in [-0.1, -0.05) is 36.4 Å². The van der Waals surface area contributed by atoms with Crippen LogP contribution in [-0.4, -0.2) is 20.1 Å². The molecular weight excluding hydrogens is 352 g/mol. The Kier molecular flexibility index (Phi) is 6.65. The molecular formula is C23H24N2O3. The van der Waals surface area contributed by atoms with E-state index in [2.05, 4.69) is 10.6 Å². The molecule has 0 fully saturated rings. The number of amides is 1. The lowest BCUT2D eigenvalue weighted by Crippen LogP contribution is -2.23. The van der Waals surface area contributed by atoms with Crippen molar-refractivity contribution in [3.8, 4) is 5.75 Å². The summed E-state index contributed by atoms with van der Waals surface area (Å²) in [4.78, 5) is 12.7. The Morgan fingerprint density at radius 2 is 1.54 bits per heavy atom. The molecule has 0 spiro atoms. The lowest BCUT2D eigenvalue weighted by atomic mass is 10.1. The van der Waals surface area contributed by atoms with Crippen LogP contribution < -0.4 is 15.4 Å². The van der Waals surface area contributed by atoms with Crippen LogP contribution in [-0.2, 0) is 17.9 Å². The van der Waals surface area contributed by atoms with Crippen molar-refractivity contribution < 1.29 is 14.3 Å². The van der Waals surface area contributed by atoms with Gasteiger partial charge in [-0.25, -0.2) is 0 Å². The summed E-state index contributed by atoms with van der Waals surface area (Å²) in [7, 11) is 3.30. The van der Waals surface area contributed by atoms with E-state index in [0.29, 0.717) is 18.7 Å². The van der Waals surface area contributed by atoms with Crippen LogP contribution in [0.25, 0.3) is 0 Å². The third-order valence-electron chi connectivity index (χ3n) is 4.33. The molecule has 5 heteroatoms. The molecule has 0 heterocycles.